The Labute approximate surface area is 199 Å². The summed E-state index contributed by atoms with van der Waals surface area (Å²) in [5.41, 5.74) is 0.966. The molecule has 0 radical (unpaired) electrons. The van der Waals surface area contributed by atoms with E-state index in [2.05, 4.69) is 5.16 Å². The van der Waals surface area contributed by atoms with Crippen molar-refractivity contribution in [2.75, 3.05) is 19.1 Å². The average molecular weight is 468 g/mol. The van der Waals surface area contributed by atoms with Gasteiger partial charge in [0, 0.05) is 6.07 Å². The van der Waals surface area contributed by atoms with Crippen molar-refractivity contribution in [1.29, 1.82) is 0 Å². The first kappa shape index (κ1) is 21.0. The highest BCUT2D eigenvalue weighted by atomic mass is 16.5. The van der Waals surface area contributed by atoms with Crippen LogP contribution in [0.4, 0.5) is 5.82 Å². The van der Waals surface area contributed by atoms with Crippen LogP contribution >= 0.6 is 0 Å². The fourth-order valence-corrected chi connectivity index (χ4v) is 4.78. The van der Waals surface area contributed by atoms with Crippen molar-refractivity contribution in [2.24, 2.45) is 0 Å². The largest absolute Gasteiger partial charge is 0.493 e. The molecule has 0 fully saturated rings. The zero-order valence-electron chi connectivity index (χ0n) is 19.2. The maximum atomic E-state index is 14.1. The van der Waals surface area contributed by atoms with E-state index in [1.165, 1.54) is 12.0 Å². The van der Waals surface area contributed by atoms with Crippen LogP contribution in [0, 0.1) is 6.92 Å². The summed E-state index contributed by atoms with van der Waals surface area (Å²) in [5.74, 6) is 1.33. The molecule has 0 saturated heterocycles. The number of nitrogens with zero attached hydrogens (tertiary/aromatic N) is 2. The molecule has 0 spiro atoms. The fourth-order valence-electron chi connectivity index (χ4n) is 4.78. The minimum atomic E-state index is -0.804. The molecule has 6 rings (SSSR count). The summed E-state index contributed by atoms with van der Waals surface area (Å²) in [6, 6.07) is 17.3. The van der Waals surface area contributed by atoms with Gasteiger partial charge < -0.3 is 18.4 Å². The normalized spacial score (nSPS) is 15.1. The highest BCUT2D eigenvalue weighted by Crippen LogP contribution is 2.43. The quantitative estimate of drug-likeness (QED) is 0.342. The zero-order chi connectivity index (χ0) is 24.3. The lowest BCUT2D eigenvalue weighted by Crippen LogP contribution is -2.29. The van der Waals surface area contributed by atoms with Crippen molar-refractivity contribution in [1.82, 2.24) is 5.16 Å². The number of anilines is 1. The van der Waals surface area contributed by atoms with Crippen molar-refractivity contribution in [2.45, 2.75) is 13.0 Å². The number of methoxy groups -OCH3 is 2. The Morgan fingerprint density at radius 3 is 2.49 bits per heavy atom. The maximum absolute atomic E-state index is 14.1. The number of rotatable bonds is 4. The van der Waals surface area contributed by atoms with E-state index in [1.54, 1.807) is 44.4 Å². The standard InChI is InChI=1S/C27H20N2O6/c1-14-12-21(28-35-14)29-24(16-9-10-18(32-2)20(13-16)33-3)23-25(30)22-17-7-5-4-6-15(17)8-11-19(22)34-26(23)27(29)31/h4-13,24H,1-3H3. The molecule has 0 bridgehead atoms. The molecule has 0 saturated carbocycles. The van der Waals surface area contributed by atoms with Crippen molar-refractivity contribution in [3.8, 4) is 11.5 Å². The molecule has 1 unspecified atom stereocenters. The number of hydrogen-bond acceptors (Lipinski definition) is 7. The molecule has 1 aliphatic rings. The Kier molecular flexibility index (Phi) is 4.63. The Balaban J connectivity index is 1.68. The molecule has 174 valence electrons. The predicted molar refractivity (Wildman–Crippen MR) is 129 cm³/mol. The Bertz CT molecular complexity index is 1700. The number of amides is 1. The van der Waals surface area contributed by atoms with Crippen LogP contribution in [0.5, 0.6) is 11.5 Å². The Morgan fingerprint density at radius 1 is 0.943 bits per heavy atom. The van der Waals surface area contributed by atoms with E-state index >= 15 is 0 Å². The third-order valence-electron chi connectivity index (χ3n) is 6.35. The number of fused-ring (bicyclic) bond motifs is 4. The second-order valence-electron chi connectivity index (χ2n) is 8.32. The van der Waals surface area contributed by atoms with Gasteiger partial charge in [-0.25, -0.2) is 0 Å². The van der Waals surface area contributed by atoms with Crippen LogP contribution in [0.25, 0.3) is 21.7 Å². The first-order chi connectivity index (χ1) is 17.0. The molecule has 2 aromatic heterocycles. The summed E-state index contributed by atoms with van der Waals surface area (Å²) in [4.78, 5) is 29.2. The van der Waals surface area contributed by atoms with Gasteiger partial charge in [0.2, 0.25) is 5.76 Å². The SMILES string of the molecule is COc1ccc(C2c3c(oc4ccc5ccccc5c4c3=O)C(=O)N2c2cc(C)on2)cc1OC. The number of aryl methyl sites for hydroxylation is 1. The summed E-state index contributed by atoms with van der Waals surface area (Å²) in [7, 11) is 3.07. The van der Waals surface area contributed by atoms with E-state index in [0.717, 1.165) is 10.8 Å². The van der Waals surface area contributed by atoms with E-state index in [1.807, 2.05) is 30.3 Å². The van der Waals surface area contributed by atoms with Crippen molar-refractivity contribution < 1.29 is 23.2 Å². The van der Waals surface area contributed by atoms with Crippen LogP contribution in [0.3, 0.4) is 0 Å². The number of benzene rings is 3. The topological polar surface area (TPSA) is 95.0 Å². The van der Waals surface area contributed by atoms with Crippen LogP contribution in [-0.4, -0.2) is 25.3 Å². The maximum Gasteiger partial charge on any atom is 0.296 e. The summed E-state index contributed by atoms with van der Waals surface area (Å²) < 4.78 is 22.2. The van der Waals surface area contributed by atoms with Crippen LogP contribution in [0.2, 0.25) is 0 Å². The van der Waals surface area contributed by atoms with Gasteiger partial charge in [0.05, 0.1) is 31.2 Å². The van der Waals surface area contributed by atoms with E-state index in [-0.39, 0.29) is 22.6 Å². The molecular formula is C27H20N2O6. The first-order valence-corrected chi connectivity index (χ1v) is 11.0. The van der Waals surface area contributed by atoms with Crippen molar-refractivity contribution in [3.05, 3.63) is 93.5 Å². The monoisotopic (exact) mass is 468 g/mol. The molecule has 0 N–H and O–H groups in total. The summed E-state index contributed by atoms with van der Waals surface area (Å²) in [6.45, 7) is 1.74. The number of ether oxygens (including phenoxy) is 2. The third kappa shape index (κ3) is 3.03. The van der Waals surface area contributed by atoms with E-state index in [9.17, 15) is 9.59 Å². The predicted octanol–water partition coefficient (Wildman–Crippen LogP) is 5.01. The smallest absolute Gasteiger partial charge is 0.296 e. The Morgan fingerprint density at radius 2 is 1.74 bits per heavy atom. The molecule has 5 aromatic rings. The number of carbonyl (C=O) groups is 1. The van der Waals surface area contributed by atoms with Crippen LogP contribution in [0.1, 0.15) is 33.5 Å². The zero-order valence-corrected chi connectivity index (χ0v) is 19.2. The van der Waals surface area contributed by atoms with Gasteiger partial charge in [-0.15, -0.1) is 0 Å². The summed E-state index contributed by atoms with van der Waals surface area (Å²) in [6.07, 6.45) is 0. The lowest BCUT2D eigenvalue weighted by molar-refractivity contribution is 0.0969. The first-order valence-electron chi connectivity index (χ1n) is 11.0. The fraction of sp³-hybridized carbons (Fsp3) is 0.148. The average Bonchev–Trinajstić information content (AvgIpc) is 3.44. The molecule has 3 aromatic carbocycles. The molecule has 1 atom stereocenters. The molecule has 8 nitrogen and oxygen atoms in total. The lowest BCUT2D eigenvalue weighted by Gasteiger charge is -2.23. The van der Waals surface area contributed by atoms with Crippen LogP contribution in [-0.2, 0) is 0 Å². The summed E-state index contributed by atoms with van der Waals surface area (Å²) in [5, 5.41) is 6.16. The molecule has 1 aliphatic heterocycles. The van der Waals surface area contributed by atoms with E-state index in [0.29, 0.717) is 33.8 Å². The second kappa shape index (κ2) is 7.73. The van der Waals surface area contributed by atoms with Crippen molar-refractivity contribution in [3.63, 3.8) is 0 Å². The minimum Gasteiger partial charge on any atom is -0.493 e. The molecule has 35 heavy (non-hydrogen) atoms. The van der Waals surface area contributed by atoms with Gasteiger partial charge in [-0.2, -0.15) is 0 Å². The molecular weight excluding hydrogens is 448 g/mol. The highest BCUT2D eigenvalue weighted by Gasteiger charge is 2.45. The molecule has 8 heteroatoms. The molecule has 0 aliphatic carbocycles. The molecule has 3 heterocycles. The summed E-state index contributed by atoms with van der Waals surface area (Å²) >= 11 is 0. The third-order valence-corrected chi connectivity index (χ3v) is 6.35. The minimum absolute atomic E-state index is 0.0155. The van der Waals surface area contributed by atoms with Crippen molar-refractivity contribution >= 4 is 33.5 Å². The number of hydrogen-bond donors (Lipinski definition) is 0. The van der Waals surface area contributed by atoms with E-state index in [4.69, 9.17) is 18.4 Å². The van der Waals surface area contributed by atoms with E-state index < -0.39 is 11.9 Å². The van der Waals surface area contributed by atoms with Gasteiger partial charge >= 0.3 is 0 Å². The van der Waals surface area contributed by atoms with Gasteiger partial charge in [0.1, 0.15) is 11.3 Å². The van der Waals surface area contributed by atoms with Crippen LogP contribution < -0.4 is 19.8 Å². The number of aromatic nitrogens is 1. The van der Waals surface area contributed by atoms with Gasteiger partial charge in [0.15, 0.2) is 22.7 Å². The number of carbonyl (C=O) groups excluding carboxylic acids is 1. The van der Waals surface area contributed by atoms with Gasteiger partial charge in [0.25, 0.3) is 5.91 Å². The second-order valence-corrected chi connectivity index (χ2v) is 8.32. The molecule has 1 amide bonds. The van der Waals surface area contributed by atoms with Gasteiger partial charge in [-0.3, -0.25) is 14.5 Å². The van der Waals surface area contributed by atoms with Gasteiger partial charge in [-0.1, -0.05) is 41.6 Å². The Hall–Kier alpha value is -4.59. The highest BCUT2D eigenvalue weighted by molar-refractivity contribution is 6.12. The lowest BCUT2D eigenvalue weighted by atomic mass is 9.96. The van der Waals surface area contributed by atoms with Crippen LogP contribution in [0.15, 0.2) is 74.4 Å². The van der Waals surface area contributed by atoms with Gasteiger partial charge in [-0.05, 0) is 41.5 Å².